The van der Waals surface area contributed by atoms with E-state index in [1.165, 1.54) is 12.1 Å². The Morgan fingerprint density at radius 3 is 2.64 bits per heavy atom. The quantitative estimate of drug-likeness (QED) is 0.385. The lowest BCUT2D eigenvalue weighted by Gasteiger charge is -1.99. The van der Waals surface area contributed by atoms with Crippen LogP contribution in [-0.4, -0.2) is 15.2 Å². The van der Waals surface area contributed by atoms with Gasteiger partial charge in [0.1, 0.15) is 11.6 Å². The van der Waals surface area contributed by atoms with E-state index in [4.69, 9.17) is 0 Å². The molecule has 0 saturated heterocycles. The molecular weight excluding hydrogens is 278 g/mol. The van der Waals surface area contributed by atoms with Gasteiger partial charge in [-0.1, -0.05) is 18.2 Å². The van der Waals surface area contributed by atoms with Crippen molar-refractivity contribution in [2.45, 2.75) is 0 Å². The van der Waals surface area contributed by atoms with Crippen LogP contribution in [0.1, 0.15) is 11.4 Å². The molecule has 0 unspecified atom stereocenters. The molecule has 0 fully saturated rings. The van der Waals surface area contributed by atoms with Crippen LogP contribution >= 0.6 is 0 Å². The number of aromatic nitrogens is 2. The highest BCUT2D eigenvalue weighted by Gasteiger charge is 2.19. The lowest BCUT2D eigenvalue weighted by molar-refractivity contribution is -0.646. The van der Waals surface area contributed by atoms with E-state index in [9.17, 15) is 15.5 Å². The number of aromatic amines is 1. The molecule has 1 heterocycles. The fourth-order valence-electron chi connectivity index (χ4n) is 2.40. The second-order valence-electron chi connectivity index (χ2n) is 4.97. The van der Waals surface area contributed by atoms with Crippen molar-refractivity contribution in [3.63, 3.8) is 0 Å². The van der Waals surface area contributed by atoms with Gasteiger partial charge in [0.05, 0.1) is 7.05 Å². The third kappa shape index (κ3) is 2.27. The molecule has 0 radical (unpaired) electrons. The van der Waals surface area contributed by atoms with Crippen LogP contribution in [0.2, 0.25) is 0 Å². The van der Waals surface area contributed by atoms with Crippen LogP contribution in [-0.2, 0) is 7.05 Å². The fourth-order valence-corrected chi connectivity index (χ4v) is 2.40. The second-order valence-corrected chi connectivity index (χ2v) is 4.97. The first-order valence-electron chi connectivity index (χ1n) is 6.71. The van der Waals surface area contributed by atoms with Crippen molar-refractivity contribution in [1.82, 2.24) is 4.98 Å². The Morgan fingerprint density at radius 2 is 1.95 bits per heavy atom. The minimum atomic E-state index is -0.216. The summed E-state index contributed by atoms with van der Waals surface area (Å²) in [6.45, 7) is 0. The first-order chi connectivity index (χ1) is 10.6. The van der Waals surface area contributed by atoms with Crippen LogP contribution in [0.5, 0.6) is 11.5 Å². The number of allylic oxidation sites excluding steroid dienone is 1. The van der Waals surface area contributed by atoms with Gasteiger partial charge in [0, 0.05) is 0 Å². The van der Waals surface area contributed by atoms with Gasteiger partial charge < -0.3 is 10.2 Å². The Hall–Kier alpha value is -3.26. The number of phenols is 2. The molecule has 3 rings (SSSR count). The topological polar surface area (TPSA) is 83.9 Å². The number of nitrogens with zero attached hydrogens (tertiary/aromatic N) is 2. The van der Waals surface area contributed by atoms with E-state index >= 15 is 0 Å². The van der Waals surface area contributed by atoms with E-state index in [2.05, 4.69) is 11.1 Å². The van der Waals surface area contributed by atoms with E-state index < -0.39 is 0 Å². The smallest absolute Gasteiger partial charge is 0.298 e. The third-order valence-electron chi connectivity index (χ3n) is 3.54. The molecule has 0 amide bonds. The zero-order valence-electron chi connectivity index (χ0n) is 11.9. The molecule has 0 spiro atoms. The fraction of sp³-hybridized carbons (Fsp3) is 0.0588. The Morgan fingerprint density at radius 1 is 1.18 bits per heavy atom. The highest BCUT2D eigenvalue weighted by Crippen LogP contribution is 2.27. The lowest BCUT2D eigenvalue weighted by Crippen LogP contribution is -2.31. The van der Waals surface area contributed by atoms with Gasteiger partial charge >= 0.3 is 0 Å². The van der Waals surface area contributed by atoms with Crippen LogP contribution in [0, 0.1) is 11.3 Å². The van der Waals surface area contributed by atoms with Gasteiger partial charge in [0.25, 0.3) is 5.82 Å². The summed E-state index contributed by atoms with van der Waals surface area (Å²) in [5, 5.41) is 28.3. The van der Waals surface area contributed by atoms with Gasteiger partial charge in [-0.15, -0.1) is 0 Å². The number of fused-ring (bicyclic) bond motifs is 1. The molecule has 0 bridgehead atoms. The van der Waals surface area contributed by atoms with Crippen molar-refractivity contribution < 1.29 is 14.8 Å². The molecule has 0 aliphatic heterocycles. The molecule has 108 valence electrons. The van der Waals surface area contributed by atoms with Crippen molar-refractivity contribution in [2.75, 3.05) is 0 Å². The maximum absolute atomic E-state index is 9.55. The Bertz CT molecular complexity index is 933. The summed E-state index contributed by atoms with van der Waals surface area (Å²) in [4.78, 5) is 3.22. The van der Waals surface area contributed by atoms with Gasteiger partial charge in [0.2, 0.25) is 0 Å². The molecule has 3 N–H and O–H groups in total. The van der Waals surface area contributed by atoms with Crippen LogP contribution in [0.4, 0.5) is 0 Å². The van der Waals surface area contributed by atoms with Crippen molar-refractivity contribution in [1.29, 1.82) is 5.26 Å². The number of benzene rings is 2. The Balaban J connectivity index is 2.13. The number of aryl methyl sites for hydroxylation is 1. The SMILES string of the molecule is C[n+]1c(/C(C#N)=C/c2ccc(O)c(O)c2)[nH]c2ccccc21. The molecule has 3 aromatic rings. The number of imidazole rings is 1. The minimum Gasteiger partial charge on any atom is -0.504 e. The predicted molar refractivity (Wildman–Crippen MR) is 82.7 cm³/mol. The molecule has 2 aromatic carbocycles. The number of aromatic hydroxyl groups is 2. The molecule has 0 aliphatic rings. The first-order valence-corrected chi connectivity index (χ1v) is 6.71. The average molecular weight is 292 g/mol. The first kappa shape index (κ1) is 13.7. The zero-order chi connectivity index (χ0) is 15.7. The number of nitriles is 1. The molecule has 1 aromatic heterocycles. The van der Waals surface area contributed by atoms with Crippen molar-refractivity contribution in [3.8, 4) is 17.6 Å². The van der Waals surface area contributed by atoms with Crippen LogP contribution < -0.4 is 4.57 Å². The minimum absolute atomic E-state index is 0.188. The standard InChI is InChI=1S/C17H13N3O2/c1-20-14-5-3-2-4-13(14)19-17(20)12(10-18)8-11-6-7-15(21)16(22)9-11/h2-9H,1H3,(H2,19,21,22)/p+1. The highest BCUT2D eigenvalue weighted by molar-refractivity contribution is 5.88. The molecule has 0 atom stereocenters. The van der Waals surface area contributed by atoms with E-state index in [1.54, 1.807) is 12.1 Å². The largest absolute Gasteiger partial charge is 0.504 e. The van der Waals surface area contributed by atoms with Crippen molar-refractivity contribution in [3.05, 3.63) is 53.9 Å². The van der Waals surface area contributed by atoms with Gasteiger partial charge in [-0.3, -0.25) is 0 Å². The molecule has 22 heavy (non-hydrogen) atoms. The highest BCUT2D eigenvalue weighted by atomic mass is 16.3. The maximum Gasteiger partial charge on any atom is 0.298 e. The van der Waals surface area contributed by atoms with Crippen LogP contribution in [0.15, 0.2) is 42.5 Å². The summed E-state index contributed by atoms with van der Waals surface area (Å²) < 4.78 is 1.91. The van der Waals surface area contributed by atoms with Gasteiger partial charge in [-0.25, -0.2) is 9.55 Å². The molecule has 0 saturated carbocycles. The van der Waals surface area contributed by atoms with E-state index in [-0.39, 0.29) is 11.5 Å². The van der Waals surface area contributed by atoms with Gasteiger partial charge in [-0.05, 0) is 35.9 Å². The average Bonchev–Trinajstić information content (AvgIpc) is 2.86. The van der Waals surface area contributed by atoms with Crippen LogP contribution in [0.3, 0.4) is 0 Å². The molecule has 0 aliphatic carbocycles. The summed E-state index contributed by atoms with van der Waals surface area (Å²) in [6.07, 6.45) is 1.66. The number of H-pyrrole nitrogens is 1. The number of phenolic OH excluding ortho intramolecular Hbond substituents is 2. The summed E-state index contributed by atoms with van der Waals surface area (Å²) >= 11 is 0. The van der Waals surface area contributed by atoms with E-state index in [0.717, 1.165) is 11.0 Å². The number of hydrogen-bond acceptors (Lipinski definition) is 3. The second kappa shape index (κ2) is 5.26. The Kier molecular flexibility index (Phi) is 3.28. The van der Waals surface area contributed by atoms with E-state index in [1.807, 2.05) is 35.9 Å². The van der Waals surface area contributed by atoms with E-state index in [0.29, 0.717) is 17.0 Å². The normalized spacial score (nSPS) is 11.5. The van der Waals surface area contributed by atoms with Crippen molar-refractivity contribution >= 4 is 22.7 Å². The summed E-state index contributed by atoms with van der Waals surface area (Å²) in [6, 6.07) is 14.4. The number of para-hydroxylation sites is 2. The number of rotatable bonds is 2. The monoisotopic (exact) mass is 292 g/mol. The summed E-state index contributed by atoms with van der Waals surface area (Å²) in [5.74, 6) is 0.273. The molecule has 5 nitrogen and oxygen atoms in total. The number of nitrogens with one attached hydrogen (secondary N) is 1. The number of hydrogen-bond donors (Lipinski definition) is 3. The predicted octanol–water partition coefficient (Wildman–Crippen LogP) is 2.47. The molecular formula is C17H14N3O2+. The Labute approximate surface area is 127 Å². The third-order valence-corrected chi connectivity index (χ3v) is 3.54. The zero-order valence-corrected chi connectivity index (χ0v) is 11.9. The van der Waals surface area contributed by atoms with Gasteiger partial charge in [-0.2, -0.15) is 5.26 Å². The van der Waals surface area contributed by atoms with Crippen molar-refractivity contribution in [2.24, 2.45) is 7.05 Å². The maximum atomic E-state index is 9.55. The van der Waals surface area contributed by atoms with Gasteiger partial charge in [0.15, 0.2) is 22.5 Å². The van der Waals surface area contributed by atoms with Crippen LogP contribution in [0.25, 0.3) is 22.7 Å². The summed E-state index contributed by atoms with van der Waals surface area (Å²) in [5.41, 5.74) is 3.00. The lowest BCUT2D eigenvalue weighted by atomic mass is 10.1. The molecule has 5 heteroatoms. The summed E-state index contributed by atoms with van der Waals surface area (Å²) in [7, 11) is 1.88.